The van der Waals surface area contributed by atoms with Gasteiger partial charge in [0.1, 0.15) is 0 Å². The summed E-state index contributed by atoms with van der Waals surface area (Å²) in [4.78, 5) is 0. The molecule has 1 aliphatic rings. The quantitative estimate of drug-likeness (QED) is 0.738. The lowest BCUT2D eigenvalue weighted by Gasteiger charge is -2.19. The van der Waals surface area contributed by atoms with Gasteiger partial charge in [0, 0.05) is 28.0 Å². The fourth-order valence-electron chi connectivity index (χ4n) is 1.39. The van der Waals surface area contributed by atoms with E-state index in [1.54, 1.807) is 0 Å². The van der Waals surface area contributed by atoms with Gasteiger partial charge in [0.15, 0.2) is 0 Å². The highest BCUT2D eigenvalue weighted by atomic mass is 35.5. The van der Waals surface area contributed by atoms with Crippen molar-refractivity contribution in [3.8, 4) is 0 Å². The van der Waals surface area contributed by atoms with Crippen molar-refractivity contribution in [1.29, 1.82) is 0 Å². The van der Waals surface area contributed by atoms with Crippen LogP contribution < -0.4 is 0 Å². The first-order chi connectivity index (χ1) is 7.36. The molecule has 0 saturated carbocycles. The molecule has 0 nitrogen and oxygen atoms in total. The Balaban J connectivity index is 2.03. The molecule has 0 N–H and O–H groups in total. The van der Waals surface area contributed by atoms with E-state index in [2.05, 4.69) is 47.4 Å². The van der Waals surface area contributed by atoms with E-state index in [-0.39, 0.29) is 0 Å². The zero-order valence-corrected chi connectivity index (χ0v) is 11.5. The summed E-state index contributed by atoms with van der Waals surface area (Å²) in [5.41, 5.74) is 1.40. The van der Waals surface area contributed by atoms with Crippen molar-refractivity contribution in [3.63, 3.8) is 0 Å². The number of benzene rings is 1. The predicted octanol–water partition coefficient (Wildman–Crippen LogP) is 4.55. The Kier molecular flexibility index (Phi) is 5.08. The Morgan fingerprint density at radius 3 is 2.13 bits per heavy atom. The van der Waals surface area contributed by atoms with E-state index in [4.69, 9.17) is 11.6 Å². The van der Waals surface area contributed by atoms with Gasteiger partial charge >= 0.3 is 0 Å². The summed E-state index contributed by atoms with van der Waals surface area (Å²) in [6.07, 6.45) is 0. The summed E-state index contributed by atoms with van der Waals surface area (Å²) in [6, 6.07) is 8.29. The second-order valence-electron chi connectivity index (χ2n) is 3.24. The standard InChI is InChI=1S/C11H13ClS3/c12-10-3-1-9(2-4-10)11-14-7-5-13-6-8-15-11/h1-4,11H,5-8H2. The van der Waals surface area contributed by atoms with Crippen LogP contribution in [0.1, 0.15) is 10.1 Å². The minimum atomic E-state index is 0.600. The predicted molar refractivity (Wildman–Crippen MR) is 76.4 cm³/mol. The minimum Gasteiger partial charge on any atom is -0.160 e. The van der Waals surface area contributed by atoms with Crippen molar-refractivity contribution in [1.82, 2.24) is 0 Å². The fourth-order valence-corrected chi connectivity index (χ4v) is 5.52. The van der Waals surface area contributed by atoms with Crippen LogP contribution in [0.2, 0.25) is 5.02 Å². The normalized spacial score (nSPS) is 19.5. The SMILES string of the molecule is Clc1ccc(C2SCCSCCS2)cc1. The Hall–Kier alpha value is 0.560. The van der Waals surface area contributed by atoms with Gasteiger partial charge in [-0.3, -0.25) is 0 Å². The first-order valence-corrected chi connectivity index (χ1v) is 8.56. The molecular formula is C11H13ClS3. The van der Waals surface area contributed by atoms with E-state index >= 15 is 0 Å². The van der Waals surface area contributed by atoms with Crippen molar-refractivity contribution in [2.45, 2.75) is 4.58 Å². The van der Waals surface area contributed by atoms with E-state index in [0.29, 0.717) is 4.58 Å². The van der Waals surface area contributed by atoms with Crippen LogP contribution in [0.15, 0.2) is 24.3 Å². The summed E-state index contributed by atoms with van der Waals surface area (Å²) >= 11 is 12.1. The topological polar surface area (TPSA) is 0 Å². The van der Waals surface area contributed by atoms with Crippen LogP contribution in [0, 0.1) is 0 Å². The van der Waals surface area contributed by atoms with E-state index < -0.39 is 0 Å². The molecule has 0 aromatic heterocycles. The lowest BCUT2D eigenvalue weighted by Crippen LogP contribution is -2.00. The molecule has 0 amide bonds. The molecule has 0 unspecified atom stereocenters. The average Bonchev–Trinajstić information content (AvgIpc) is 2.19. The van der Waals surface area contributed by atoms with Gasteiger partial charge in [0.2, 0.25) is 0 Å². The van der Waals surface area contributed by atoms with Gasteiger partial charge in [-0.1, -0.05) is 23.7 Å². The number of thioether (sulfide) groups is 3. The summed E-state index contributed by atoms with van der Waals surface area (Å²) in [7, 11) is 0. The maximum atomic E-state index is 5.89. The molecule has 1 aromatic carbocycles. The zero-order valence-electron chi connectivity index (χ0n) is 8.32. The van der Waals surface area contributed by atoms with Crippen LogP contribution in [0.4, 0.5) is 0 Å². The van der Waals surface area contributed by atoms with Crippen LogP contribution in [0.5, 0.6) is 0 Å². The summed E-state index contributed by atoms with van der Waals surface area (Å²) in [5, 5.41) is 0.829. The smallest absolute Gasteiger partial charge is 0.0751 e. The molecule has 0 spiro atoms. The van der Waals surface area contributed by atoms with Gasteiger partial charge in [-0.25, -0.2) is 0 Å². The number of rotatable bonds is 1. The fraction of sp³-hybridized carbons (Fsp3) is 0.455. The average molecular weight is 277 g/mol. The molecule has 1 aromatic rings. The van der Waals surface area contributed by atoms with Gasteiger partial charge in [-0.15, -0.1) is 23.5 Å². The van der Waals surface area contributed by atoms with Gasteiger partial charge in [0.25, 0.3) is 0 Å². The first kappa shape index (κ1) is 12.0. The highest BCUT2D eigenvalue weighted by Crippen LogP contribution is 2.41. The molecule has 15 heavy (non-hydrogen) atoms. The maximum Gasteiger partial charge on any atom is 0.0751 e. The Labute approximate surface area is 109 Å². The Morgan fingerprint density at radius 2 is 1.53 bits per heavy atom. The third-order valence-electron chi connectivity index (χ3n) is 2.14. The third-order valence-corrected chi connectivity index (χ3v) is 6.74. The van der Waals surface area contributed by atoms with Crippen molar-refractivity contribution < 1.29 is 0 Å². The Bertz CT molecular complexity index is 291. The number of hydrogen-bond donors (Lipinski definition) is 0. The molecule has 1 saturated heterocycles. The van der Waals surface area contributed by atoms with Gasteiger partial charge in [-0.05, 0) is 17.7 Å². The molecule has 0 aliphatic carbocycles. The molecule has 2 rings (SSSR count). The van der Waals surface area contributed by atoms with Crippen LogP contribution >= 0.6 is 46.9 Å². The molecule has 1 aliphatic heterocycles. The summed E-state index contributed by atoms with van der Waals surface area (Å²) < 4.78 is 0.600. The maximum absolute atomic E-state index is 5.89. The third kappa shape index (κ3) is 3.81. The monoisotopic (exact) mass is 276 g/mol. The van der Waals surface area contributed by atoms with Crippen molar-refractivity contribution in [3.05, 3.63) is 34.9 Å². The summed E-state index contributed by atoms with van der Waals surface area (Å²) in [5.74, 6) is 5.08. The van der Waals surface area contributed by atoms with E-state index in [9.17, 15) is 0 Å². The second kappa shape index (κ2) is 6.33. The van der Waals surface area contributed by atoms with Crippen molar-refractivity contribution in [2.75, 3.05) is 23.0 Å². The van der Waals surface area contributed by atoms with E-state index in [0.717, 1.165) is 5.02 Å². The van der Waals surface area contributed by atoms with Crippen LogP contribution in [-0.4, -0.2) is 23.0 Å². The minimum absolute atomic E-state index is 0.600. The lowest BCUT2D eigenvalue weighted by atomic mass is 10.2. The van der Waals surface area contributed by atoms with Gasteiger partial charge < -0.3 is 0 Å². The second-order valence-corrected chi connectivity index (χ2v) is 7.62. The molecular weight excluding hydrogens is 264 g/mol. The van der Waals surface area contributed by atoms with Crippen LogP contribution in [-0.2, 0) is 0 Å². The molecule has 4 heteroatoms. The largest absolute Gasteiger partial charge is 0.160 e. The van der Waals surface area contributed by atoms with E-state index in [1.807, 2.05) is 12.1 Å². The van der Waals surface area contributed by atoms with E-state index in [1.165, 1.54) is 28.6 Å². The Morgan fingerprint density at radius 1 is 0.933 bits per heavy atom. The molecule has 1 fully saturated rings. The molecule has 0 bridgehead atoms. The highest BCUT2D eigenvalue weighted by Gasteiger charge is 2.14. The molecule has 1 heterocycles. The first-order valence-electron chi connectivity index (χ1n) is 4.93. The van der Waals surface area contributed by atoms with Crippen LogP contribution in [0.25, 0.3) is 0 Å². The highest BCUT2D eigenvalue weighted by molar-refractivity contribution is 8.17. The van der Waals surface area contributed by atoms with Gasteiger partial charge in [0.05, 0.1) is 4.58 Å². The number of hydrogen-bond acceptors (Lipinski definition) is 3. The molecule has 0 radical (unpaired) electrons. The molecule has 0 atom stereocenters. The summed E-state index contributed by atoms with van der Waals surface area (Å²) in [6.45, 7) is 0. The van der Waals surface area contributed by atoms with Crippen molar-refractivity contribution >= 4 is 46.9 Å². The van der Waals surface area contributed by atoms with Crippen molar-refractivity contribution in [2.24, 2.45) is 0 Å². The van der Waals surface area contributed by atoms with Gasteiger partial charge in [-0.2, -0.15) is 11.8 Å². The zero-order chi connectivity index (χ0) is 10.5. The van der Waals surface area contributed by atoms with Crippen LogP contribution in [0.3, 0.4) is 0 Å². The number of halogens is 1. The lowest BCUT2D eigenvalue weighted by molar-refractivity contribution is 1.34. The molecule has 82 valence electrons.